The maximum absolute atomic E-state index is 11.3. The molecule has 0 spiro atoms. The summed E-state index contributed by atoms with van der Waals surface area (Å²) in [5.41, 5.74) is 4.09. The lowest BCUT2D eigenvalue weighted by Crippen LogP contribution is -2.47. The van der Waals surface area contributed by atoms with Crippen LogP contribution in [0.15, 0.2) is 18.2 Å². The molecule has 0 bridgehead atoms. The summed E-state index contributed by atoms with van der Waals surface area (Å²) in [4.78, 5) is 16.4. The Kier molecular flexibility index (Phi) is 7.84. The molecule has 0 atom stereocenters. The van der Waals surface area contributed by atoms with Gasteiger partial charge in [-0.2, -0.15) is 0 Å². The van der Waals surface area contributed by atoms with Crippen LogP contribution in [0.25, 0.3) is 0 Å². The van der Waals surface area contributed by atoms with Crippen molar-refractivity contribution in [1.29, 1.82) is 0 Å². The fourth-order valence-corrected chi connectivity index (χ4v) is 5.36. The average Bonchev–Trinajstić information content (AvgIpc) is 2.72. The number of aliphatic carboxylic acids is 1. The van der Waals surface area contributed by atoms with Gasteiger partial charge in [0.25, 0.3) is 0 Å². The van der Waals surface area contributed by atoms with Gasteiger partial charge in [-0.3, -0.25) is 9.69 Å². The molecule has 1 heterocycles. The Morgan fingerprint density at radius 1 is 1.07 bits per heavy atom. The molecular weight excluding hydrogens is 372 g/mol. The van der Waals surface area contributed by atoms with E-state index >= 15 is 0 Å². The zero-order valence-corrected chi connectivity index (χ0v) is 19.6. The lowest BCUT2D eigenvalue weighted by molar-refractivity contribution is -0.136. The predicted molar refractivity (Wildman–Crippen MR) is 125 cm³/mol. The molecule has 1 aliphatic heterocycles. The van der Waals surface area contributed by atoms with E-state index in [1.165, 1.54) is 56.3 Å². The zero-order chi connectivity index (χ0) is 21.7. The molecule has 1 aromatic carbocycles. The topological polar surface area (TPSA) is 43.8 Å². The molecule has 1 saturated carbocycles. The highest BCUT2D eigenvalue weighted by Crippen LogP contribution is 2.45. The number of carboxylic acid groups (broad SMARTS) is 1. The molecule has 30 heavy (non-hydrogen) atoms. The number of hydrogen-bond donors (Lipinski definition) is 1. The minimum atomic E-state index is -0.747. The number of carbonyl (C=O) groups is 1. The van der Waals surface area contributed by atoms with Crippen molar-refractivity contribution in [3.63, 3.8) is 0 Å². The summed E-state index contributed by atoms with van der Waals surface area (Å²) < 4.78 is 0. The maximum Gasteiger partial charge on any atom is 0.307 e. The summed E-state index contributed by atoms with van der Waals surface area (Å²) in [7, 11) is 0. The van der Waals surface area contributed by atoms with Gasteiger partial charge in [-0.25, -0.2) is 0 Å². The zero-order valence-electron chi connectivity index (χ0n) is 19.6. The Morgan fingerprint density at radius 3 is 2.30 bits per heavy atom. The van der Waals surface area contributed by atoms with Gasteiger partial charge in [0.1, 0.15) is 0 Å². The molecule has 0 amide bonds. The van der Waals surface area contributed by atoms with Gasteiger partial charge in [-0.05, 0) is 73.1 Å². The second-order valence-corrected chi connectivity index (χ2v) is 10.6. The van der Waals surface area contributed by atoms with Crippen molar-refractivity contribution >= 4 is 11.7 Å². The Balaban J connectivity index is 1.76. The van der Waals surface area contributed by atoms with Crippen molar-refractivity contribution in [3.8, 4) is 0 Å². The molecule has 1 saturated heterocycles. The third-order valence-electron chi connectivity index (χ3n) is 7.38. The van der Waals surface area contributed by atoms with Crippen molar-refractivity contribution in [2.45, 2.75) is 78.6 Å². The molecule has 4 nitrogen and oxygen atoms in total. The smallest absolute Gasteiger partial charge is 0.307 e. The summed E-state index contributed by atoms with van der Waals surface area (Å²) in [6.07, 6.45) is 7.74. The summed E-state index contributed by atoms with van der Waals surface area (Å²) in [5, 5.41) is 9.29. The van der Waals surface area contributed by atoms with Crippen LogP contribution in [-0.2, 0) is 11.2 Å². The second kappa shape index (κ2) is 10.2. The van der Waals surface area contributed by atoms with Gasteiger partial charge < -0.3 is 10.0 Å². The molecule has 1 aromatic rings. The third kappa shape index (κ3) is 6.00. The largest absolute Gasteiger partial charge is 0.481 e. The highest BCUT2D eigenvalue weighted by molar-refractivity contribution is 5.71. The number of nitrogens with zero attached hydrogens (tertiary/aromatic N) is 2. The van der Waals surface area contributed by atoms with Crippen LogP contribution in [0.3, 0.4) is 0 Å². The quantitative estimate of drug-likeness (QED) is 0.635. The summed E-state index contributed by atoms with van der Waals surface area (Å²) >= 11 is 0. The first-order valence-electron chi connectivity index (χ1n) is 12.1. The van der Waals surface area contributed by atoms with Crippen molar-refractivity contribution in [1.82, 2.24) is 4.90 Å². The molecule has 168 valence electrons. The lowest BCUT2D eigenvalue weighted by atomic mass is 9.68. The molecule has 1 aliphatic carbocycles. The van der Waals surface area contributed by atoms with Gasteiger partial charge in [0.2, 0.25) is 0 Å². The van der Waals surface area contributed by atoms with Crippen molar-refractivity contribution in [2.75, 3.05) is 37.6 Å². The van der Waals surface area contributed by atoms with Gasteiger partial charge in [0.05, 0.1) is 6.42 Å². The van der Waals surface area contributed by atoms with Crippen molar-refractivity contribution in [2.24, 2.45) is 11.3 Å². The molecular formula is C26H42N2O2. The number of piperazine rings is 1. The molecule has 2 fully saturated rings. The first-order chi connectivity index (χ1) is 14.3. The fourth-order valence-electron chi connectivity index (χ4n) is 5.36. The Bertz CT molecular complexity index is 693. The monoisotopic (exact) mass is 414 g/mol. The van der Waals surface area contributed by atoms with E-state index in [1.54, 1.807) is 0 Å². The van der Waals surface area contributed by atoms with Crippen molar-refractivity contribution < 1.29 is 9.90 Å². The van der Waals surface area contributed by atoms with Gasteiger partial charge in [0, 0.05) is 31.9 Å². The molecule has 1 N–H and O–H groups in total. The molecule has 2 aliphatic rings. The molecule has 3 rings (SSSR count). The van der Waals surface area contributed by atoms with Crippen LogP contribution in [-0.4, -0.2) is 48.7 Å². The SMILES string of the molecule is CCCCN1CCN(c2cc(CC(=O)O)ccc2C2CCC(C(C)(C)C)CC2)CC1. The van der Waals surface area contributed by atoms with Crippen LogP contribution in [0, 0.1) is 11.3 Å². The van der Waals surface area contributed by atoms with Gasteiger partial charge in [0.15, 0.2) is 0 Å². The summed E-state index contributed by atoms with van der Waals surface area (Å²) in [6, 6.07) is 6.49. The van der Waals surface area contributed by atoms with Gasteiger partial charge in [-0.15, -0.1) is 0 Å². The van der Waals surface area contributed by atoms with Crippen LogP contribution >= 0.6 is 0 Å². The van der Waals surface area contributed by atoms with E-state index in [1.807, 2.05) is 0 Å². The maximum atomic E-state index is 11.3. The van der Waals surface area contributed by atoms with Gasteiger partial charge >= 0.3 is 5.97 Å². The summed E-state index contributed by atoms with van der Waals surface area (Å²) in [5.74, 6) is 0.671. The number of anilines is 1. The number of hydrogen-bond acceptors (Lipinski definition) is 3. The Hall–Kier alpha value is -1.55. The highest BCUT2D eigenvalue weighted by Gasteiger charge is 2.32. The fraction of sp³-hybridized carbons (Fsp3) is 0.731. The van der Waals surface area contributed by atoms with Crippen LogP contribution in [0.4, 0.5) is 5.69 Å². The van der Waals surface area contributed by atoms with Crippen LogP contribution in [0.1, 0.15) is 83.3 Å². The first-order valence-corrected chi connectivity index (χ1v) is 12.1. The van der Waals surface area contributed by atoms with E-state index in [4.69, 9.17) is 0 Å². The predicted octanol–water partition coefficient (Wildman–Crippen LogP) is 5.56. The number of benzene rings is 1. The van der Waals surface area contributed by atoms with E-state index < -0.39 is 5.97 Å². The van der Waals surface area contributed by atoms with Gasteiger partial charge in [-0.1, -0.05) is 46.2 Å². The number of rotatable bonds is 7. The van der Waals surface area contributed by atoms with Crippen LogP contribution < -0.4 is 4.90 Å². The molecule has 0 aromatic heterocycles. The highest BCUT2D eigenvalue weighted by atomic mass is 16.4. The minimum Gasteiger partial charge on any atom is -0.481 e. The first kappa shape index (κ1) is 23.1. The van der Waals surface area contributed by atoms with E-state index in [-0.39, 0.29) is 6.42 Å². The molecule has 0 radical (unpaired) electrons. The minimum absolute atomic E-state index is 0.112. The number of carboxylic acids is 1. The van der Waals surface area contributed by atoms with E-state index in [0.717, 1.165) is 37.7 Å². The Morgan fingerprint density at radius 2 is 1.73 bits per heavy atom. The van der Waals surface area contributed by atoms with E-state index in [9.17, 15) is 9.90 Å². The molecule has 4 heteroatoms. The number of unbranched alkanes of at least 4 members (excludes halogenated alkanes) is 1. The van der Waals surface area contributed by atoms with E-state index in [2.05, 4.69) is 55.7 Å². The average molecular weight is 415 g/mol. The van der Waals surface area contributed by atoms with E-state index in [0.29, 0.717) is 11.3 Å². The van der Waals surface area contributed by atoms with Crippen LogP contribution in [0.2, 0.25) is 0 Å². The third-order valence-corrected chi connectivity index (χ3v) is 7.38. The standard InChI is InChI=1S/C26H42N2O2/c1-5-6-13-27-14-16-28(17-15-27)24-18-20(19-25(29)30)7-12-23(24)21-8-10-22(11-9-21)26(2,3)4/h7,12,18,21-22H,5-6,8-11,13-17,19H2,1-4H3,(H,29,30). The summed E-state index contributed by atoms with van der Waals surface area (Å²) in [6.45, 7) is 14.9. The van der Waals surface area contributed by atoms with Crippen molar-refractivity contribution in [3.05, 3.63) is 29.3 Å². The normalized spacial score (nSPS) is 23.5. The lowest BCUT2D eigenvalue weighted by Gasteiger charge is -2.40. The Labute approximate surface area is 183 Å². The second-order valence-electron chi connectivity index (χ2n) is 10.6. The van der Waals surface area contributed by atoms with Crippen LogP contribution in [0.5, 0.6) is 0 Å². The molecule has 0 unspecified atom stereocenters.